The van der Waals surface area contributed by atoms with Gasteiger partial charge >= 0.3 is 0 Å². The maximum absolute atomic E-state index is 13.7. The van der Waals surface area contributed by atoms with Crippen molar-refractivity contribution < 1.29 is 14.0 Å². The Morgan fingerprint density at radius 2 is 1.44 bits per heavy atom. The van der Waals surface area contributed by atoms with E-state index in [0.29, 0.717) is 54.6 Å². The van der Waals surface area contributed by atoms with E-state index in [9.17, 15) is 14.0 Å². The van der Waals surface area contributed by atoms with Gasteiger partial charge in [-0.15, -0.1) is 0 Å². The van der Waals surface area contributed by atoms with Crippen LogP contribution in [0.25, 0.3) is 5.57 Å². The third-order valence-electron chi connectivity index (χ3n) is 6.23. The summed E-state index contributed by atoms with van der Waals surface area (Å²) in [4.78, 5) is 41.1. The minimum atomic E-state index is -0.398. The first kappa shape index (κ1) is 21.8. The van der Waals surface area contributed by atoms with Crippen molar-refractivity contribution in [1.82, 2.24) is 14.9 Å². The molecular formula is C26H24FN5O2. The molecule has 0 saturated carbocycles. The third-order valence-corrected chi connectivity index (χ3v) is 6.23. The predicted octanol–water partition coefficient (Wildman–Crippen LogP) is 3.28. The van der Waals surface area contributed by atoms with Gasteiger partial charge in [-0.1, -0.05) is 31.2 Å². The van der Waals surface area contributed by atoms with Crippen molar-refractivity contribution in [2.45, 2.75) is 13.3 Å². The molecule has 172 valence electrons. The van der Waals surface area contributed by atoms with E-state index in [-0.39, 0.29) is 5.91 Å². The Bertz CT molecular complexity index is 1230. The molecule has 1 aromatic heterocycles. The SMILES string of the molecule is CCc1ccc(N2C(=O)C(c3ccc(F)cc3)=C(N3CCN(c4ncccn4)CC3)C2=O)cc1. The van der Waals surface area contributed by atoms with Gasteiger partial charge in [0.05, 0.1) is 11.3 Å². The number of imide groups is 1. The van der Waals surface area contributed by atoms with Gasteiger partial charge in [-0.05, 0) is 47.9 Å². The van der Waals surface area contributed by atoms with Gasteiger partial charge in [-0.3, -0.25) is 9.59 Å². The van der Waals surface area contributed by atoms with Crippen molar-refractivity contribution >= 4 is 29.0 Å². The molecule has 34 heavy (non-hydrogen) atoms. The molecule has 0 radical (unpaired) electrons. The predicted molar refractivity (Wildman–Crippen MR) is 127 cm³/mol. The molecule has 2 amide bonds. The van der Waals surface area contributed by atoms with Crippen LogP contribution >= 0.6 is 0 Å². The summed E-state index contributed by atoms with van der Waals surface area (Å²) in [7, 11) is 0. The number of carbonyl (C=O) groups is 2. The number of hydrogen-bond acceptors (Lipinski definition) is 6. The first-order valence-electron chi connectivity index (χ1n) is 11.3. The fourth-order valence-electron chi connectivity index (χ4n) is 4.39. The number of halogens is 1. The maximum atomic E-state index is 13.7. The van der Waals surface area contributed by atoms with Crippen molar-refractivity contribution in [2.24, 2.45) is 0 Å². The molecule has 2 aliphatic heterocycles. The van der Waals surface area contributed by atoms with E-state index in [1.54, 1.807) is 42.7 Å². The average Bonchev–Trinajstić information content (AvgIpc) is 3.15. The van der Waals surface area contributed by atoms with Crippen LogP contribution in [0.2, 0.25) is 0 Å². The minimum Gasteiger partial charge on any atom is -0.363 e. The largest absolute Gasteiger partial charge is 0.363 e. The first-order valence-corrected chi connectivity index (χ1v) is 11.3. The molecule has 3 aromatic rings. The minimum absolute atomic E-state index is 0.300. The lowest BCUT2D eigenvalue weighted by Crippen LogP contribution is -2.48. The Morgan fingerprint density at radius 3 is 2.06 bits per heavy atom. The van der Waals surface area contributed by atoms with Crippen LogP contribution in [-0.2, 0) is 16.0 Å². The van der Waals surface area contributed by atoms with E-state index in [1.807, 2.05) is 24.0 Å². The summed E-state index contributed by atoms with van der Waals surface area (Å²) in [5.74, 6) is -0.518. The summed E-state index contributed by atoms with van der Waals surface area (Å²) < 4.78 is 13.6. The molecule has 7 nitrogen and oxygen atoms in total. The fraction of sp³-hybridized carbons (Fsp3) is 0.231. The van der Waals surface area contributed by atoms with E-state index in [0.717, 1.165) is 12.0 Å². The normalized spacial score (nSPS) is 16.6. The highest BCUT2D eigenvalue weighted by molar-refractivity contribution is 6.45. The number of aromatic nitrogens is 2. The number of piperazine rings is 1. The quantitative estimate of drug-likeness (QED) is 0.548. The molecule has 5 rings (SSSR count). The number of amides is 2. The molecule has 1 fully saturated rings. The highest BCUT2D eigenvalue weighted by Crippen LogP contribution is 2.35. The Hall–Kier alpha value is -4.07. The number of anilines is 2. The van der Waals surface area contributed by atoms with E-state index >= 15 is 0 Å². The van der Waals surface area contributed by atoms with E-state index in [2.05, 4.69) is 14.9 Å². The molecule has 2 aliphatic rings. The molecule has 3 heterocycles. The summed E-state index contributed by atoms with van der Waals surface area (Å²) in [6.07, 6.45) is 4.26. The molecule has 0 aliphatic carbocycles. The monoisotopic (exact) mass is 457 g/mol. The van der Waals surface area contributed by atoms with Gasteiger partial charge in [0.1, 0.15) is 11.5 Å². The number of rotatable bonds is 5. The second-order valence-corrected chi connectivity index (χ2v) is 8.22. The van der Waals surface area contributed by atoms with E-state index in [4.69, 9.17) is 0 Å². The fourth-order valence-corrected chi connectivity index (χ4v) is 4.39. The standard InChI is InChI=1S/C26H24FN5O2/c1-2-18-4-10-21(11-5-18)32-24(33)22(19-6-8-20(27)9-7-19)23(25(32)34)30-14-16-31(17-15-30)26-28-12-3-13-29-26/h3-13H,2,14-17H2,1H3. The van der Waals surface area contributed by atoms with Crippen LogP contribution in [0.3, 0.4) is 0 Å². The number of nitrogens with zero attached hydrogens (tertiary/aromatic N) is 5. The zero-order chi connectivity index (χ0) is 23.7. The molecule has 0 bridgehead atoms. The molecule has 0 atom stereocenters. The van der Waals surface area contributed by atoms with E-state index in [1.165, 1.54) is 17.0 Å². The summed E-state index contributed by atoms with van der Waals surface area (Å²) in [6.45, 7) is 4.32. The Labute approximate surface area is 197 Å². The van der Waals surface area contributed by atoms with Crippen LogP contribution in [0.4, 0.5) is 16.0 Å². The van der Waals surface area contributed by atoms with Crippen molar-refractivity contribution in [1.29, 1.82) is 0 Å². The van der Waals surface area contributed by atoms with Crippen LogP contribution in [-0.4, -0.2) is 52.9 Å². The van der Waals surface area contributed by atoms with Crippen molar-refractivity contribution in [3.8, 4) is 0 Å². The highest BCUT2D eigenvalue weighted by atomic mass is 19.1. The second-order valence-electron chi connectivity index (χ2n) is 8.22. The molecule has 2 aromatic carbocycles. The molecular weight excluding hydrogens is 433 g/mol. The van der Waals surface area contributed by atoms with Gasteiger partial charge in [0.15, 0.2) is 0 Å². The first-order chi connectivity index (χ1) is 16.6. The van der Waals surface area contributed by atoms with E-state index < -0.39 is 11.7 Å². The van der Waals surface area contributed by atoms with Crippen molar-refractivity contribution in [3.05, 3.63) is 89.6 Å². The summed E-state index contributed by atoms with van der Waals surface area (Å²) in [5, 5.41) is 0. The summed E-state index contributed by atoms with van der Waals surface area (Å²) >= 11 is 0. The number of carbonyl (C=O) groups excluding carboxylic acids is 2. The lowest BCUT2D eigenvalue weighted by Gasteiger charge is -2.36. The Morgan fingerprint density at radius 1 is 0.824 bits per heavy atom. The smallest absolute Gasteiger partial charge is 0.282 e. The third kappa shape index (κ3) is 3.91. The molecule has 0 spiro atoms. The molecule has 1 saturated heterocycles. The van der Waals surface area contributed by atoms with Crippen LogP contribution < -0.4 is 9.80 Å². The molecule has 8 heteroatoms. The Balaban J connectivity index is 1.49. The summed E-state index contributed by atoms with van der Waals surface area (Å²) in [5.41, 5.74) is 2.82. The van der Waals surface area contributed by atoms with Gasteiger partial charge in [0, 0.05) is 38.6 Å². The maximum Gasteiger partial charge on any atom is 0.282 e. The second kappa shape index (κ2) is 9.05. The van der Waals surface area contributed by atoms with Gasteiger partial charge in [-0.2, -0.15) is 0 Å². The van der Waals surface area contributed by atoms with Crippen molar-refractivity contribution in [3.63, 3.8) is 0 Å². The van der Waals surface area contributed by atoms with Gasteiger partial charge < -0.3 is 9.80 Å². The zero-order valence-electron chi connectivity index (χ0n) is 18.8. The van der Waals surface area contributed by atoms with Gasteiger partial charge in [-0.25, -0.2) is 19.3 Å². The van der Waals surface area contributed by atoms with Crippen LogP contribution in [0.1, 0.15) is 18.1 Å². The highest BCUT2D eigenvalue weighted by Gasteiger charge is 2.43. The lowest BCUT2D eigenvalue weighted by molar-refractivity contribution is -0.120. The zero-order valence-corrected chi connectivity index (χ0v) is 18.8. The number of benzene rings is 2. The van der Waals surface area contributed by atoms with Crippen LogP contribution in [0, 0.1) is 5.82 Å². The topological polar surface area (TPSA) is 69.6 Å². The lowest BCUT2D eigenvalue weighted by atomic mass is 10.0. The molecule has 0 unspecified atom stereocenters. The van der Waals surface area contributed by atoms with Gasteiger partial charge in [0.25, 0.3) is 11.8 Å². The van der Waals surface area contributed by atoms with Gasteiger partial charge in [0.2, 0.25) is 5.95 Å². The van der Waals surface area contributed by atoms with Crippen LogP contribution in [0.5, 0.6) is 0 Å². The Kier molecular flexibility index (Phi) is 5.79. The number of aryl methyl sites for hydroxylation is 1. The van der Waals surface area contributed by atoms with Crippen LogP contribution in [0.15, 0.2) is 72.7 Å². The average molecular weight is 458 g/mol. The number of hydrogen-bond donors (Lipinski definition) is 0. The summed E-state index contributed by atoms with van der Waals surface area (Å²) in [6, 6.07) is 14.9. The van der Waals surface area contributed by atoms with Crippen molar-refractivity contribution in [2.75, 3.05) is 36.0 Å². The molecule has 0 N–H and O–H groups in total.